The lowest BCUT2D eigenvalue weighted by atomic mass is 10.1. The van der Waals surface area contributed by atoms with E-state index in [1.54, 1.807) is 36.4 Å². The molecule has 0 atom stereocenters. The Morgan fingerprint density at radius 2 is 1.69 bits per heavy atom. The van der Waals surface area contributed by atoms with E-state index >= 15 is 0 Å². The third kappa shape index (κ3) is 7.36. The first kappa shape index (κ1) is 25.9. The third-order valence-electron chi connectivity index (χ3n) is 4.93. The summed E-state index contributed by atoms with van der Waals surface area (Å²) < 4.78 is 17.8. The molecular weight excluding hydrogens is 508 g/mol. The maximum Gasteiger partial charge on any atom is 0.266 e. The molecule has 0 aliphatic heterocycles. The zero-order valence-electron chi connectivity index (χ0n) is 19.9. The fourth-order valence-corrected chi connectivity index (χ4v) is 3.79. The maximum atomic E-state index is 12.7. The Morgan fingerprint density at radius 1 is 1.00 bits per heavy atom. The number of nitriles is 1. The summed E-state index contributed by atoms with van der Waals surface area (Å²) >= 11 is 3.48. The fourth-order valence-electron chi connectivity index (χ4n) is 3.22. The number of benzene rings is 3. The van der Waals surface area contributed by atoms with Gasteiger partial charge in [-0.2, -0.15) is 5.26 Å². The first-order chi connectivity index (χ1) is 16.9. The van der Waals surface area contributed by atoms with E-state index in [0.717, 1.165) is 5.56 Å². The number of halogens is 1. The van der Waals surface area contributed by atoms with Gasteiger partial charge in [-0.25, -0.2) is 0 Å². The number of rotatable bonds is 10. The van der Waals surface area contributed by atoms with Crippen molar-refractivity contribution in [2.45, 2.75) is 27.4 Å². The molecule has 1 N–H and O–H groups in total. The highest BCUT2D eigenvalue weighted by atomic mass is 79.9. The molecule has 0 heterocycles. The second kappa shape index (κ2) is 12.6. The SMILES string of the molecule is CCOc1cc(/C=C(\C#N)C(=O)Nc2ccc(OCc3ccc(C)cc3)cc2)cc(Br)c1OCC. The number of nitrogens with one attached hydrogen (secondary N) is 1. The third-order valence-corrected chi connectivity index (χ3v) is 5.52. The molecule has 1 amide bonds. The van der Waals surface area contributed by atoms with Gasteiger partial charge in [0.2, 0.25) is 0 Å². The molecule has 0 unspecified atom stereocenters. The van der Waals surface area contributed by atoms with Crippen molar-refractivity contribution in [3.63, 3.8) is 0 Å². The van der Waals surface area contributed by atoms with E-state index < -0.39 is 5.91 Å². The summed E-state index contributed by atoms with van der Waals surface area (Å²) in [5.74, 6) is 1.29. The second-order valence-electron chi connectivity index (χ2n) is 7.62. The summed E-state index contributed by atoms with van der Waals surface area (Å²) in [5, 5.41) is 12.3. The topological polar surface area (TPSA) is 80.6 Å². The predicted octanol–water partition coefficient (Wildman–Crippen LogP) is 6.68. The van der Waals surface area contributed by atoms with Crippen LogP contribution in [0, 0.1) is 18.3 Å². The van der Waals surface area contributed by atoms with Gasteiger partial charge >= 0.3 is 0 Å². The summed E-state index contributed by atoms with van der Waals surface area (Å²) in [6, 6.07) is 20.6. The maximum absolute atomic E-state index is 12.7. The van der Waals surface area contributed by atoms with Crippen molar-refractivity contribution in [3.8, 4) is 23.3 Å². The van der Waals surface area contributed by atoms with E-state index in [4.69, 9.17) is 14.2 Å². The lowest BCUT2D eigenvalue weighted by Crippen LogP contribution is -2.13. The highest BCUT2D eigenvalue weighted by Crippen LogP contribution is 2.37. The molecule has 3 rings (SSSR count). The van der Waals surface area contributed by atoms with Crippen LogP contribution >= 0.6 is 15.9 Å². The molecule has 6 nitrogen and oxygen atoms in total. The van der Waals surface area contributed by atoms with Gasteiger partial charge in [-0.1, -0.05) is 29.8 Å². The largest absolute Gasteiger partial charge is 0.490 e. The Kier molecular flexibility index (Phi) is 9.33. The van der Waals surface area contributed by atoms with Crippen LogP contribution in [0.2, 0.25) is 0 Å². The summed E-state index contributed by atoms with van der Waals surface area (Å²) in [7, 11) is 0. The molecule has 3 aromatic rings. The summed E-state index contributed by atoms with van der Waals surface area (Å²) in [4.78, 5) is 12.7. The zero-order chi connectivity index (χ0) is 25.2. The van der Waals surface area contributed by atoms with Crippen molar-refractivity contribution >= 4 is 33.6 Å². The molecule has 0 radical (unpaired) electrons. The van der Waals surface area contributed by atoms with Gasteiger partial charge in [-0.15, -0.1) is 0 Å². The summed E-state index contributed by atoms with van der Waals surface area (Å²) in [6.07, 6.45) is 1.51. The summed E-state index contributed by atoms with van der Waals surface area (Å²) in [6.45, 7) is 7.19. The van der Waals surface area contributed by atoms with Gasteiger partial charge in [0.1, 0.15) is 24.0 Å². The van der Waals surface area contributed by atoms with E-state index in [9.17, 15) is 10.1 Å². The molecule has 0 bridgehead atoms. The smallest absolute Gasteiger partial charge is 0.266 e. The number of ether oxygens (including phenoxy) is 3. The van der Waals surface area contributed by atoms with Crippen molar-refractivity contribution in [2.24, 2.45) is 0 Å². The highest BCUT2D eigenvalue weighted by molar-refractivity contribution is 9.10. The van der Waals surface area contributed by atoms with E-state index in [0.29, 0.717) is 52.8 Å². The molecule has 3 aromatic carbocycles. The number of aryl methyl sites for hydroxylation is 1. The van der Waals surface area contributed by atoms with Crippen LogP contribution in [0.25, 0.3) is 6.08 Å². The molecular formula is C28H27BrN2O4. The van der Waals surface area contributed by atoms with Crippen LogP contribution < -0.4 is 19.5 Å². The van der Waals surface area contributed by atoms with Gasteiger partial charge in [-0.3, -0.25) is 4.79 Å². The molecule has 0 fully saturated rings. The first-order valence-corrected chi connectivity index (χ1v) is 12.0. The summed E-state index contributed by atoms with van der Waals surface area (Å²) in [5.41, 5.74) is 3.43. The van der Waals surface area contributed by atoms with Crippen LogP contribution in [0.4, 0.5) is 5.69 Å². The Labute approximate surface area is 214 Å². The van der Waals surface area contributed by atoms with Gasteiger partial charge in [0.15, 0.2) is 11.5 Å². The van der Waals surface area contributed by atoms with Crippen LogP contribution in [-0.2, 0) is 11.4 Å². The molecule has 0 aliphatic carbocycles. The van der Waals surface area contributed by atoms with Crippen molar-refractivity contribution in [2.75, 3.05) is 18.5 Å². The Morgan fingerprint density at radius 3 is 2.31 bits per heavy atom. The predicted molar refractivity (Wildman–Crippen MR) is 141 cm³/mol. The average Bonchev–Trinajstić information content (AvgIpc) is 2.85. The molecule has 7 heteroatoms. The molecule has 0 spiro atoms. The fraction of sp³-hybridized carbons (Fsp3) is 0.214. The number of amides is 1. The first-order valence-electron chi connectivity index (χ1n) is 11.2. The minimum Gasteiger partial charge on any atom is -0.490 e. The minimum atomic E-state index is -0.510. The number of carbonyl (C=O) groups is 1. The molecule has 0 saturated heterocycles. The van der Waals surface area contributed by atoms with Crippen molar-refractivity contribution in [1.82, 2.24) is 0 Å². The molecule has 0 saturated carbocycles. The van der Waals surface area contributed by atoms with Crippen molar-refractivity contribution in [1.29, 1.82) is 5.26 Å². The minimum absolute atomic E-state index is 0.0387. The Balaban J connectivity index is 1.69. The number of hydrogen-bond donors (Lipinski definition) is 1. The average molecular weight is 535 g/mol. The lowest BCUT2D eigenvalue weighted by Gasteiger charge is -2.13. The van der Waals surface area contributed by atoms with E-state index in [1.807, 2.05) is 51.1 Å². The normalized spacial score (nSPS) is 10.9. The van der Waals surface area contributed by atoms with Crippen LogP contribution in [-0.4, -0.2) is 19.1 Å². The van der Waals surface area contributed by atoms with Gasteiger partial charge in [-0.05, 0) is 90.3 Å². The molecule has 35 heavy (non-hydrogen) atoms. The monoisotopic (exact) mass is 534 g/mol. The second-order valence-corrected chi connectivity index (χ2v) is 8.47. The van der Waals surface area contributed by atoms with Gasteiger partial charge < -0.3 is 19.5 Å². The van der Waals surface area contributed by atoms with Gasteiger partial charge in [0.25, 0.3) is 5.91 Å². The van der Waals surface area contributed by atoms with E-state index in [-0.39, 0.29) is 5.57 Å². The molecule has 0 aliphatic rings. The number of anilines is 1. The highest BCUT2D eigenvalue weighted by Gasteiger charge is 2.14. The van der Waals surface area contributed by atoms with E-state index in [1.165, 1.54) is 11.6 Å². The van der Waals surface area contributed by atoms with Gasteiger partial charge in [0.05, 0.1) is 17.7 Å². The Bertz CT molecular complexity index is 1230. The molecule has 0 aromatic heterocycles. The lowest BCUT2D eigenvalue weighted by molar-refractivity contribution is -0.112. The molecule has 180 valence electrons. The van der Waals surface area contributed by atoms with Crippen molar-refractivity contribution in [3.05, 3.63) is 87.4 Å². The van der Waals surface area contributed by atoms with Gasteiger partial charge in [0, 0.05) is 5.69 Å². The standard InChI is InChI=1S/C28H27BrN2O4/c1-4-33-26-16-21(15-25(29)27(26)34-5-2)14-22(17-30)28(32)31-23-10-12-24(13-11-23)35-18-20-8-6-19(3)7-9-20/h6-16H,4-5,18H2,1-3H3,(H,31,32)/b22-14+. The number of nitrogens with zero attached hydrogens (tertiary/aromatic N) is 1. The van der Waals surface area contributed by atoms with Crippen LogP contribution in [0.1, 0.15) is 30.5 Å². The quantitative estimate of drug-likeness (QED) is 0.231. The zero-order valence-corrected chi connectivity index (χ0v) is 21.5. The number of hydrogen-bond acceptors (Lipinski definition) is 5. The van der Waals surface area contributed by atoms with Crippen LogP contribution in [0.3, 0.4) is 0 Å². The Hall–Kier alpha value is -3.76. The van der Waals surface area contributed by atoms with Crippen LogP contribution in [0.5, 0.6) is 17.2 Å². The van der Waals surface area contributed by atoms with Crippen molar-refractivity contribution < 1.29 is 19.0 Å². The number of carbonyl (C=O) groups excluding carboxylic acids is 1. The van der Waals surface area contributed by atoms with Crippen LogP contribution in [0.15, 0.2) is 70.7 Å². The van der Waals surface area contributed by atoms with E-state index in [2.05, 4.69) is 21.2 Å².